The standard InChI is InChI=1S/C26H25F2N3O3/c27-21-2-1-18(11-22(21)28)31-24-10-17-13-29-30-23(17)12-19(24)20(9-14-7-16(8-14)26(32)33)25(31)15-3-5-34-6-4-15/h1-2,10-16H,3-9H2,(H,29,30)(H,32,33)/t14-,16+. The molecule has 176 valence electrons. The van der Waals surface area contributed by atoms with Crippen LogP contribution in [0.15, 0.2) is 36.5 Å². The monoisotopic (exact) mass is 465 g/mol. The summed E-state index contributed by atoms with van der Waals surface area (Å²) in [6, 6.07) is 8.17. The molecule has 0 bridgehead atoms. The van der Waals surface area contributed by atoms with Crippen LogP contribution in [0.2, 0.25) is 0 Å². The number of H-pyrrole nitrogens is 1. The lowest BCUT2D eigenvalue weighted by molar-refractivity contribution is -0.146. The summed E-state index contributed by atoms with van der Waals surface area (Å²) in [4.78, 5) is 11.4. The Labute approximate surface area is 194 Å². The van der Waals surface area contributed by atoms with Crippen molar-refractivity contribution < 1.29 is 23.4 Å². The number of aromatic nitrogens is 3. The summed E-state index contributed by atoms with van der Waals surface area (Å²) in [6.45, 7) is 1.30. The smallest absolute Gasteiger partial charge is 0.306 e. The lowest BCUT2D eigenvalue weighted by Crippen LogP contribution is -2.31. The third-order valence-corrected chi connectivity index (χ3v) is 7.52. The van der Waals surface area contributed by atoms with Gasteiger partial charge < -0.3 is 14.4 Å². The fourth-order valence-electron chi connectivity index (χ4n) is 5.72. The number of fused-ring (bicyclic) bond motifs is 2. The summed E-state index contributed by atoms with van der Waals surface area (Å²) < 4.78 is 35.9. The fourth-order valence-corrected chi connectivity index (χ4v) is 5.72. The second-order valence-corrected chi connectivity index (χ2v) is 9.59. The number of nitrogens with zero attached hydrogens (tertiary/aromatic N) is 2. The summed E-state index contributed by atoms with van der Waals surface area (Å²) in [5, 5.41) is 18.5. The molecule has 1 saturated carbocycles. The number of carboxylic acids is 1. The van der Waals surface area contributed by atoms with Crippen LogP contribution in [-0.4, -0.2) is 39.1 Å². The van der Waals surface area contributed by atoms with E-state index in [0.29, 0.717) is 31.7 Å². The molecular weight excluding hydrogens is 440 g/mol. The zero-order valence-corrected chi connectivity index (χ0v) is 18.6. The van der Waals surface area contributed by atoms with Gasteiger partial charge in [0.25, 0.3) is 0 Å². The van der Waals surface area contributed by atoms with Gasteiger partial charge in [0.1, 0.15) is 0 Å². The molecular formula is C26H25F2N3O3. The Kier molecular flexibility index (Phi) is 5.13. The lowest BCUT2D eigenvalue weighted by atomic mass is 9.71. The molecule has 6 rings (SSSR count). The minimum absolute atomic E-state index is 0.205. The van der Waals surface area contributed by atoms with Crippen LogP contribution in [0.1, 0.15) is 42.9 Å². The van der Waals surface area contributed by atoms with E-state index in [-0.39, 0.29) is 17.8 Å². The van der Waals surface area contributed by atoms with Crippen molar-refractivity contribution in [3.8, 4) is 5.69 Å². The third kappa shape index (κ3) is 3.48. The van der Waals surface area contributed by atoms with Gasteiger partial charge in [0, 0.05) is 47.4 Å². The maximum atomic E-state index is 14.4. The second kappa shape index (κ2) is 8.20. The number of carboxylic acid groups (broad SMARTS) is 1. The highest BCUT2D eigenvalue weighted by Crippen LogP contribution is 2.44. The molecule has 2 fully saturated rings. The molecule has 4 aromatic rings. The van der Waals surface area contributed by atoms with Crippen LogP contribution in [0.4, 0.5) is 8.78 Å². The Bertz CT molecular complexity index is 1400. The van der Waals surface area contributed by atoms with Gasteiger partial charge in [0.15, 0.2) is 11.6 Å². The number of rotatable bonds is 5. The first kappa shape index (κ1) is 21.3. The second-order valence-electron chi connectivity index (χ2n) is 9.59. The van der Waals surface area contributed by atoms with Crippen molar-refractivity contribution in [2.45, 2.75) is 38.0 Å². The molecule has 0 spiro atoms. The van der Waals surface area contributed by atoms with Crippen LogP contribution in [0.3, 0.4) is 0 Å². The molecule has 0 atom stereocenters. The van der Waals surface area contributed by atoms with Crippen molar-refractivity contribution in [1.29, 1.82) is 0 Å². The molecule has 2 N–H and O–H groups in total. The molecule has 1 saturated heterocycles. The van der Waals surface area contributed by atoms with Gasteiger partial charge in [-0.2, -0.15) is 5.10 Å². The molecule has 0 radical (unpaired) electrons. The van der Waals surface area contributed by atoms with Gasteiger partial charge in [-0.25, -0.2) is 8.78 Å². The summed E-state index contributed by atoms with van der Waals surface area (Å²) in [5.41, 5.74) is 4.68. The van der Waals surface area contributed by atoms with E-state index in [2.05, 4.69) is 20.8 Å². The molecule has 34 heavy (non-hydrogen) atoms. The maximum Gasteiger partial charge on any atom is 0.306 e. The first-order chi connectivity index (χ1) is 16.5. The minimum atomic E-state index is -0.883. The normalized spacial score (nSPS) is 21.2. The van der Waals surface area contributed by atoms with Crippen LogP contribution in [0.25, 0.3) is 27.5 Å². The number of nitrogens with one attached hydrogen (secondary N) is 1. The van der Waals surface area contributed by atoms with E-state index < -0.39 is 17.6 Å². The molecule has 0 amide bonds. The van der Waals surface area contributed by atoms with Gasteiger partial charge in [0.05, 0.1) is 23.1 Å². The third-order valence-electron chi connectivity index (χ3n) is 7.52. The first-order valence-electron chi connectivity index (χ1n) is 11.8. The predicted molar refractivity (Wildman–Crippen MR) is 123 cm³/mol. The highest BCUT2D eigenvalue weighted by Gasteiger charge is 2.36. The number of halogens is 2. The Morgan fingerprint density at radius 2 is 1.94 bits per heavy atom. The molecule has 2 aliphatic rings. The molecule has 1 aliphatic carbocycles. The number of aromatic amines is 1. The Balaban J connectivity index is 1.58. The number of carbonyl (C=O) groups is 1. The van der Waals surface area contributed by atoms with Gasteiger partial charge in [-0.15, -0.1) is 0 Å². The van der Waals surface area contributed by atoms with E-state index >= 15 is 0 Å². The van der Waals surface area contributed by atoms with Crippen molar-refractivity contribution in [2.24, 2.45) is 11.8 Å². The summed E-state index contributed by atoms with van der Waals surface area (Å²) in [5.74, 6) is -2.29. The molecule has 2 aromatic heterocycles. The Morgan fingerprint density at radius 3 is 2.68 bits per heavy atom. The van der Waals surface area contributed by atoms with Gasteiger partial charge in [0.2, 0.25) is 0 Å². The van der Waals surface area contributed by atoms with E-state index in [1.807, 2.05) is 6.07 Å². The van der Waals surface area contributed by atoms with Crippen LogP contribution < -0.4 is 0 Å². The largest absolute Gasteiger partial charge is 0.481 e. The molecule has 2 aromatic carbocycles. The number of benzene rings is 2. The van der Waals surface area contributed by atoms with Crippen molar-refractivity contribution in [3.63, 3.8) is 0 Å². The number of hydrogen-bond donors (Lipinski definition) is 2. The summed E-state index contributed by atoms with van der Waals surface area (Å²) in [6.07, 6.45) is 5.51. The average Bonchev–Trinajstić information content (AvgIpc) is 3.38. The van der Waals surface area contributed by atoms with Gasteiger partial charge in [-0.1, -0.05) is 0 Å². The van der Waals surface area contributed by atoms with Crippen LogP contribution in [-0.2, 0) is 16.0 Å². The van der Waals surface area contributed by atoms with Crippen molar-refractivity contribution in [1.82, 2.24) is 14.8 Å². The van der Waals surface area contributed by atoms with E-state index in [9.17, 15) is 18.7 Å². The van der Waals surface area contributed by atoms with Crippen LogP contribution in [0.5, 0.6) is 0 Å². The fraction of sp³-hybridized carbons (Fsp3) is 0.385. The average molecular weight is 466 g/mol. The first-order valence-corrected chi connectivity index (χ1v) is 11.8. The summed E-state index contributed by atoms with van der Waals surface area (Å²) in [7, 11) is 0. The van der Waals surface area contributed by atoms with Crippen molar-refractivity contribution >= 4 is 27.8 Å². The predicted octanol–water partition coefficient (Wildman–Crippen LogP) is 5.33. The van der Waals surface area contributed by atoms with E-state index in [0.717, 1.165) is 52.3 Å². The van der Waals surface area contributed by atoms with Gasteiger partial charge in [-0.3, -0.25) is 9.89 Å². The summed E-state index contributed by atoms with van der Waals surface area (Å²) >= 11 is 0. The molecule has 0 unspecified atom stereocenters. The van der Waals surface area contributed by atoms with Gasteiger partial charge in [-0.05, 0) is 67.9 Å². The number of hydrogen-bond acceptors (Lipinski definition) is 3. The highest BCUT2D eigenvalue weighted by atomic mass is 19.2. The van der Waals surface area contributed by atoms with Crippen molar-refractivity contribution in [2.75, 3.05) is 13.2 Å². The van der Waals surface area contributed by atoms with E-state index in [1.54, 1.807) is 12.3 Å². The quantitative estimate of drug-likeness (QED) is 0.417. The van der Waals surface area contributed by atoms with Crippen LogP contribution >= 0.6 is 0 Å². The van der Waals surface area contributed by atoms with Crippen LogP contribution in [0, 0.1) is 23.5 Å². The molecule has 6 nitrogen and oxygen atoms in total. The topological polar surface area (TPSA) is 80.1 Å². The Hall–Kier alpha value is -3.26. The van der Waals surface area contributed by atoms with E-state index in [1.165, 1.54) is 12.1 Å². The Morgan fingerprint density at radius 1 is 1.15 bits per heavy atom. The number of aliphatic carboxylic acids is 1. The zero-order chi connectivity index (χ0) is 23.4. The zero-order valence-electron chi connectivity index (χ0n) is 18.6. The lowest BCUT2D eigenvalue weighted by Gasteiger charge is -2.33. The maximum absolute atomic E-state index is 14.4. The van der Waals surface area contributed by atoms with Crippen molar-refractivity contribution in [3.05, 3.63) is 59.4 Å². The highest BCUT2D eigenvalue weighted by molar-refractivity contribution is 5.98. The number of ether oxygens (including phenoxy) is 1. The molecule has 1 aliphatic heterocycles. The molecule has 8 heteroatoms. The minimum Gasteiger partial charge on any atom is -0.481 e. The molecule has 3 heterocycles. The van der Waals surface area contributed by atoms with Gasteiger partial charge >= 0.3 is 5.97 Å². The SMILES string of the molecule is O=C(O)[C@H]1C[C@@H](Cc2c(C3CCOCC3)n(-c3ccc(F)c(F)c3)c3cc4cn[nH]c4cc23)C1. The van der Waals surface area contributed by atoms with E-state index in [4.69, 9.17) is 4.74 Å².